The molecule has 2 N–H and O–H groups in total. The molecule has 3 heterocycles. The zero-order chi connectivity index (χ0) is 18.8. The van der Waals surface area contributed by atoms with Crippen LogP contribution in [0, 0.1) is 5.92 Å². The van der Waals surface area contributed by atoms with Crippen LogP contribution < -0.4 is 10.2 Å². The van der Waals surface area contributed by atoms with Crippen LogP contribution in [0.1, 0.15) is 12.8 Å². The van der Waals surface area contributed by atoms with Crippen LogP contribution in [0.2, 0.25) is 0 Å². The van der Waals surface area contributed by atoms with Crippen LogP contribution >= 0.6 is 0 Å². The van der Waals surface area contributed by atoms with Gasteiger partial charge in [0, 0.05) is 37.9 Å². The van der Waals surface area contributed by atoms with Gasteiger partial charge in [-0.3, -0.25) is 4.79 Å². The van der Waals surface area contributed by atoms with Gasteiger partial charge in [-0.05, 0) is 25.0 Å². The fraction of sp³-hybridized carbons (Fsp3) is 0.500. The second-order valence-electron chi connectivity index (χ2n) is 6.83. The first-order valence-electron chi connectivity index (χ1n) is 9.12. The second-order valence-corrected chi connectivity index (χ2v) is 6.83. The third kappa shape index (κ3) is 3.82. The van der Waals surface area contributed by atoms with Crippen LogP contribution in [0.4, 0.5) is 16.5 Å². The standard InChI is InChI=1S/C18H22N4O5/c23-16(24)12-2-1-5-22(11-12)17(25)19-13-3-4-14-15(10-13)27-18(20-14)21-6-8-26-9-7-21/h3-4,10,12H,1-2,5-9,11H2,(H,19,25)(H,23,24). The number of carbonyl (C=O) groups excluding carboxylic acids is 1. The molecule has 0 aliphatic carbocycles. The molecule has 1 unspecified atom stereocenters. The van der Waals surface area contributed by atoms with Gasteiger partial charge in [0.25, 0.3) is 6.01 Å². The van der Waals surface area contributed by atoms with Crippen LogP contribution in [0.5, 0.6) is 0 Å². The van der Waals surface area contributed by atoms with E-state index in [9.17, 15) is 9.59 Å². The number of nitrogens with zero attached hydrogens (tertiary/aromatic N) is 3. The summed E-state index contributed by atoms with van der Waals surface area (Å²) in [4.78, 5) is 31.7. The Kier molecular flexibility index (Phi) is 4.85. The number of benzene rings is 1. The molecule has 9 nitrogen and oxygen atoms in total. The number of amides is 2. The summed E-state index contributed by atoms with van der Waals surface area (Å²) in [5, 5.41) is 12.0. The number of carboxylic acid groups (broad SMARTS) is 1. The number of piperidine rings is 1. The number of nitrogens with one attached hydrogen (secondary N) is 1. The molecule has 0 saturated carbocycles. The van der Waals surface area contributed by atoms with Crippen molar-refractivity contribution in [1.29, 1.82) is 0 Å². The monoisotopic (exact) mass is 374 g/mol. The minimum absolute atomic E-state index is 0.229. The SMILES string of the molecule is O=C(O)C1CCCN(C(=O)Nc2ccc3nc(N4CCOCC4)oc3c2)C1. The molecule has 2 aromatic rings. The maximum atomic E-state index is 12.5. The van der Waals surface area contributed by atoms with Gasteiger partial charge < -0.3 is 29.4 Å². The van der Waals surface area contributed by atoms with E-state index in [0.29, 0.717) is 49.9 Å². The molecule has 4 rings (SSSR count). The Morgan fingerprint density at radius 1 is 1.22 bits per heavy atom. The molecule has 2 amide bonds. The molecule has 0 radical (unpaired) electrons. The summed E-state index contributed by atoms with van der Waals surface area (Å²) in [5.74, 6) is -1.36. The molecular weight excluding hydrogens is 352 g/mol. The van der Waals surface area contributed by atoms with Gasteiger partial charge in [-0.25, -0.2) is 4.79 Å². The van der Waals surface area contributed by atoms with E-state index < -0.39 is 11.9 Å². The summed E-state index contributed by atoms with van der Waals surface area (Å²) in [5.41, 5.74) is 1.91. The Morgan fingerprint density at radius 3 is 2.81 bits per heavy atom. The van der Waals surface area contributed by atoms with E-state index in [0.717, 1.165) is 18.6 Å². The molecule has 2 aliphatic heterocycles. The van der Waals surface area contributed by atoms with Gasteiger partial charge in [0.15, 0.2) is 5.58 Å². The number of fused-ring (bicyclic) bond motifs is 1. The number of hydrogen-bond acceptors (Lipinski definition) is 6. The van der Waals surface area contributed by atoms with Gasteiger partial charge in [0.1, 0.15) is 5.52 Å². The highest BCUT2D eigenvalue weighted by Gasteiger charge is 2.28. The Bertz CT molecular complexity index is 845. The molecule has 2 fully saturated rings. The van der Waals surface area contributed by atoms with Crippen LogP contribution in [-0.2, 0) is 9.53 Å². The lowest BCUT2D eigenvalue weighted by atomic mass is 9.99. The van der Waals surface area contributed by atoms with Gasteiger partial charge in [-0.15, -0.1) is 0 Å². The van der Waals surface area contributed by atoms with E-state index in [1.807, 2.05) is 4.90 Å². The summed E-state index contributed by atoms with van der Waals surface area (Å²) >= 11 is 0. The van der Waals surface area contributed by atoms with E-state index in [-0.39, 0.29) is 12.6 Å². The fourth-order valence-corrected chi connectivity index (χ4v) is 3.45. The maximum Gasteiger partial charge on any atom is 0.321 e. The molecule has 0 spiro atoms. The number of morpholine rings is 1. The predicted molar refractivity (Wildman–Crippen MR) is 98.0 cm³/mol. The van der Waals surface area contributed by atoms with Gasteiger partial charge in [0.2, 0.25) is 0 Å². The Balaban J connectivity index is 1.45. The highest BCUT2D eigenvalue weighted by Crippen LogP contribution is 2.26. The number of aliphatic carboxylic acids is 1. The van der Waals surface area contributed by atoms with Crippen molar-refractivity contribution in [3.05, 3.63) is 18.2 Å². The molecule has 9 heteroatoms. The van der Waals surface area contributed by atoms with E-state index in [1.165, 1.54) is 0 Å². The van der Waals surface area contributed by atoms with Crippen molar-refractivity contribution in [2.75, 3.05) is 49.6 Å². The summed E-state index contributed by atoms with van der Waals surface area (Å²) in [6.45, 7) is 3.54. The highest BCUT2D eigenvalue weighted by atomic mass is 16.5. The summed E-state index contributed by atoms with van der Waals surface area (Å²) < 4.78 is 11.2. The van der Waals surface area contributed by atoms with Crippen LogP contribution in [-0.4, -0.2) is 66.4 Å². The van der Waals surface area contributed by atoms with Crippen molar-refractivity contribution < 1.29 is 23.8 Å². The summed E-state index contributed by atoms with van der Waals surface area (Å²) in [7, 11) is 0. The topological polar surface area (TPSA) is 108 Å². The smallest absolute Gasteiger partial charge is 0.321 e. The number of ether oxygens (including phenoxy) is 1. The van der Waals surface area contributed by atoms with Crippen LogP contribution in [0.15, 0.2) is 22.6 Å². The van der Waals surface area contributed by atoms with E-state index >= 15 is 0 Å². The van der Waals surface area contributed by atoms with E-state index in [4.69, 9.17) is 14.3 Å². The maximum absolute atomic E-state index is 12.5. The number of carboxylic acids is 1. The van der Waals surface area contributed by atoms with Gasteiger partial charge in [0.05, 0.1) is 19.1 Å². The lowest BCUT2D eigenvalue weighted by Gasteiger charge is -2.30. The Hall–Kier alpha value is -2.81. The van der Waals surface area contributed by atoms with E-state index in [2.05, 4.69) is 10.3 Å². The average Bonchev–Trinajstić information content (AvgIpc) is 3.12. The Morgan fingerprint density at radius 2 is 2.04 bits per heavy atom. The molecular formula is C18H22N4O5. The first kappa shape index (κ1) is 17.6. The van der Waals surface area contributed by atoms with Crippen molar-refractivity contribution in [2.45, 2.75) is 12.8 Å². The normalized spacial score (nSPS) is 20.7. The minimum atomic E-state index is -0.855. The number of hydrogen-bond donors (Lipinski definition) is 2. The molecule has 0 bridgehead atoms. The third-order valence-electron chi connectivity index (χ3n) is 4.97. The summed E-state index contributed by atoms with van der Waals surface area (Å²) in [6, 6.07) is 5.56. The number of oxazole rings is 1. The van der Waals surface area contributed by atoms with Crippen molar-refractivity contribution in [2.24, 2.45) is 5.92 Å². The number of carbonyl (C=O) groups is 2. The second kappa shape index (κ2) is 7.43. The van der Waals surface area contributed by atoms with Crippen molar-refractivity contribution in [1.82, 2.24) is 9.88 Å². The number of anilines is 2. The van der Waals surface area contributed by atoms with Crippen molar-refractivity contribution in [3.8, 4) is 0 Å². The van der Waals surface area contributed by atoms with Crippen LogP contribution in [0.25, 0.3) is 11.1 Å². The number of aromatic nitrogens is 1. The number of rotatable bonds is 3. The molecule has 1 aromatic carbocycles. The molecule has 2 aliphatic rings. The third-order valence-corrected chi connectivity index (χ3v) is 4.97. The number of urea groups is 1. The van der Waals surface area contributed by atoms with Crippen LogP contribution in [0.3, 0.4) is 0 Å². The fourth-order valence-electron chi connectivity index (χ4n) is 3.45. The number of likely N-dealkylation sites (tertiary alicyclic amines) is 1. The zero-order valence-electron chi connectivity index (χ0n) is 14.9. The Labute approximate surface area is 155 Å². The van der Waals surface area contributed by atoms with Gasteiger partial charge >= 0.3 is 12.0 Å². The molecule has 1 aromatic heterocycles. The lowest BCUT2D eigenvalue weighted by molar-refractivity contribution is -0.143. The first-order chi connectivity index (χ1) is 13.1. The lowest BCUT2D eigenvalue weighted by Crippen LogP contribution is -2.44. The molecule has 27 heavy (non-hydrogen) atoms. The quantitative estimate of drug-likeness (QED) is 0.846. The molecule has 144 valence electrons. The minimum Gasteiger partial charge on any atom is -0.481 e. The average molecular weight is 374 g/mol. The van der Waals surface area contributed by atoms with Gasteiger partial charge in [-0.1, -0.05) is 0 Å². The van der Waals surface area contributed by atoms with Crippen molar-refractivity contribution >= 4 is 34.8 Å². The van der Waals surface area contributed by atoms with Gasteiger partial charge in [-0.2, -0.15) is 4.98 Å². The van der Waals surface area contributed by atoms with E-state index in [1.54, 1.807) is 23.1 Å². The zero-order valence-corrected chi connectivity index (χ0v) is 14.9. The predicted octanol–water partition coefficient (Wildman–Crippen LogP) is 1.99. The highest BCUT2D eigenvalue weighted by molar-refractivity contribution is 5.92. The molecule has 1 atom stereocenters. The largest absolute Gasteiger partial charge is 0.481 e. The summed E-state index contributed by atoms with van der Waals surface area (Å²) in [6.07, 6.45) is 1.29. The molecule has 2 saturated heterocycles. The van der Waals surface area contributed by atoms with Crippen molar-refractivity contribution in [3.63, 3.8) is 0 Å². The first-order valence-corrected chi connectivity index (χ1v) is 9.12.